The topological polar surface area (TPSA) is 41.7 Å². The Labute approximate surface area is 132 Å². The molecule has 1 aromatic rings. The molecule has 1 fully saturated rings. The van der Waals surface area contributed by atoms with Crippen molar-refractivity contribution in [2.45, 2.75) is 24.9 Å². The van der Waals surface area contributed by atoms with E-state index in [4.69, 9.17) is 22.1 Å². The molecule has 21 heavy (non-hydrogen) atoms. The first-order valence-corrected chi connectivity index (χ1v) is 7.89. The average Bonchev–Trinajstić information content (AvgIpc) is 2.49. The van der Waals surface area contributed by atoms with E-state index in [0.29, 0.717) is 12.6 Å². The van der Waals surface area contributed by atoms with Crippen molar-refractivity contribution in [3.63, 3.8) is 0 Å². The largest absolute Gasteiger partial charge is 0.496 e. The highest BCUT2D eigenvalue weighted by Crippen LogP contribution is 2.36. The van der Waals surface area contributed by atoms with Crippen molar-refractivity contribution in [2.24, 2.45) is 5.73 Å². The molecule has 2 N–H and O–H groups in total. The molecule has 1 heterocycles. The number of nitrogens with two attached hydrogens (primary N) is 1. The van der Waals surface area contributed by atoms with E-state index in [1.54, 1.807) is 7.11 Å². The standard InChI is InChI=1S/C16H26ClN3O/c1-19-9-5-6-12(11-19)20(2)14(10-18)16-13(17)7-4-8-15(16)21-3/h4,7-8,12,14H,5-6,9-11,18H2,1-3H3. The third-order valence-electron chi connectivity index (χ3n) is 4.46. The molecule has 2 atom stereocenters. The molecule has 0 bridgehead atoms. The van der Waals surface area contributed by atoms with Gasteiger partial charge in [-0.15, -0.1) is 0 Å². The van der Waals surface area contributed by atoms with E-state index in [9.17, 15) is 0 Å². The third-order valence-corrected chi connectivity index (χ3v) is 4.79. The molecule has 1 aliphatic heterocycles. The Morgan fingerprint density at radius 2 is 2.29 bits per heavy atom. The zero-order chi connectivity index (χ0) is 15.4. The van der Waals surface area contributed by atoms with E-state index < -0.39 is 0 Å². The number of rotatable bonds is 5. The van der Waals surface area contributed by atoms with Crippen LogP contribution < -0.4 is 10.5 Å². The fourth-order valence-electron chi connectivity index (χ4n) is 3.23. The summed E-state index contributed by atoms with van der Waals surface area (Å²) in [5.74, 6) is 0.814. The number of methoxy groups -OCH3 is 1. The maximum absolute atomic E-state index is 6.42. The first-order chi connectivity index (χ1) is 10.1. The minimum Gasteiger partial charge on any atom is -0.496 e. The Kier molecular flexibility index (Phi) is 5.88. The highest BCUT2D eigenvalue weighted by Gasteiger charge is 2.29. The van der Waals surface area contributed by atoms with Crippen molar-refractivity contribution in [1.29, 1.82) is 0 Å². The molecule has 0 spiro atoms. The van der Waals surface area contributed by atoms with Crippen LogP contribution >= 0.6 is 11.6 Å². The van der Waals surface area contributed by atoms with Crippen LogP contribution in [0.15, 0.2) is 18.2 Å². The predicted molar refractivity (Wildman–Crippen MR) is 88.1 cm³/mol. The van der Waals surface area contributed by atoms with E-state index in [1.807, 2.05) is 18.2 Å². The zero-order valence-corrected chi connectivity index (χ0v) is 13.9. The van der Waals surface area contributed by atoms with E-state index in [1.165, 1.54) is 19.4 Å². The normalized spacial score (nSPS) is 21.5. The molecule has 1 aliphatic rings. The van der Waals surface area contributed by atoms with Gasteiger partial charge in [-0.05, 0) is 45.6 Å². The zero-order valence-electron chi connectivity index (χ0n) is 13.2. The van der Waals surface area contributed by atoms with Crippen LogP contribution in [0.2, 0.25) is 5.02 Å². The number of piperidine rings is 1. The molecule has 5 heteroatoms. The molecule has 118 valence electrons. The van der Waals surface area contributed by atoms with Crippen LogP contribution in [-0.2, 0) is 0 Å². The second-order valence-corrected chi connectivity index (χ2v) is 6.24. The molecule has 0 aliphatic carbocycles. The second kappa shape index (κ2) is 7.45. The Balaban J connectivity index is 2.26. The van der Waals surface area contributed by atoms with Crippen LogP contribution in [0.1, 0.15) is 24.4 Å². The quantitative estimate of drug-likeness (QED) is 0.906. The van der Waals surface area contributed by atoms with Crippen molar-refractivity contribution >= 4 is 11.6 Å². The van der Waals surface area contributed by atoms with Gasteiger partial charge in [0.1, 0.15) is 5.75 Å². The predicted octanol–water partition coefficient (Wildman–Crippen LogP) is 2.37. The van der Waals surface area contributed by atoms with Gasteiger partial charge in [0.2, 0.25) is 0 Å². The lowest BCUT2D eigenvalue weighted by atomic mass is 9.98. The van der Waals surface area contributed by atoms with E-state index in [-0.39, 0.29) is 6.04 Å². The summed E-state index contributed by atoms with van der Waals surface area (Å²) in [5, 5.41) is 0.723. The fraction of sp³-hybridized carbons (Fsp3) is 0.625. The Bertz CT molecular complexity index is 469. The van der Waals surface area contributed by atoms with Gasteiger partial charge in [0.15, 0.2) is 0 Å². The number of nitrogens with zero attached hydrogens (tertiary/aromatic N) is 2. The van der Waals surface area contributed by atoms with Gasteiger partial charge >= 0.3 is 0 Å². The van der Waals surface area contributed by atoms with Crippen molar-refractivity contribution < 1.29 is 4.74 Å². The number of ether oxygens (including phenoxy) is 1. The number of hydrogen-bond donors (Lipinski definition) is 1. The monoisotopic (exact) mass is 311 g/mol. The minimum absolute atomic E-state index is 0.0742. The minimum atomic E-state index is 0.0742. The molecular weight excluding hydrogens is 286 g/mol. The summed E-state index contributed by atoms with van der Waals surface area (Å²) in [6.45, 7) is 2.77. The summed E-state index contributed by atoms with van der Waals surface area (Å²) in [5.41, 5.74) is 7.07. The summed E-state index contributed by atoms with van der Waals surface area (Å²) in [6.07, 6.45) is 2.42. The van der Waals surface area contributed by atoms with Crippen LogP contribution in [0.4, 0.5) is 0 Å². The van der Waals surface area contributed by atoms with Gasteiger partial charge in [-0.1, -0.05) is 17.7 Å². The molecule has 0 saturated carbocycles. The number of likely N-dealkylation sites (tertiary alicyclic amines) is 1. The van der Waals surface area contributed by atoms with Crippen molar-refractivity contribution in [3.05, 3.63) is 28.8 Å². The molecule has 0 aromatic heterocycles. The molecule has 0 amide bonds. The number of likely N-dealkylation sites (N-methyl/N-ethyl adjacent to an activating group) is 2. The van der Waals surface area contributed by atoms with Crippen molar-refractivity contribution in [3.8, 4) is 5.75 Å². The van der Waals surface area contributed by atoms with Crippen molar-refractivity contribution in [1.82, 2.24) is 9.80 Å². The van der Waals surface area contributed by atoms with Gasteiger partial charge in [-0.25, -0.2) is 0 Å². The first kappa shape index (κ1) is 16.6. The Morgan fingerprint density at radius 1 is 1.52 bits per heavy atom. The summed E-state index contributed by atoms with van der Waals surface area (Å²) in [6, 6.07) is 6.34. The van der Waals surface area contributed by atoms with E-state index in [2.05, 4.69) is 23.9 Å². The van der Waals surface area contributed by atoms with Gasteiger partial charge in [0, 0.05) is 29.7 Å². The van der Waals surface area contributed by atoms with E-state index in [0.717, 1.165) is 22.9 Å². The van der Waals surface area contributed by atoms with Gasteiger partial charge in [-0.3, -0.25) is 4.90 Å². The molecule has 1 aromatic carbocycles. The number of halogens is 1. The van der Waals surface area contributed by atoms with Gasteiger partial charge in [-0.2, -0.15) is 0 Å². The van der Waals surface area contributed by atoms with Crippen LogP contribution in [0, 0.1) is 0 Å². The summed E-state index contributed by atoms with van der Waals surface area (Å²) in [7, 11) is 5.99. The van der Waals surface area contributed by atoms with Crippen LogP contribution in [0.25, 0.3) is 0 Å². The van der Waals surface area contributed by atoms with E-state index >= 15 is 0 Å². The summed E-state index contributed by atoms with van der Waals surface area (Å²) < 4.78 is 5.49. The average molecular weight is 312 g/mol. The second-order valence-electron chi connectivity index (χ2n) is 5.83. The SMILES string of the molecule is COc1cccc(Cl)c1C(CN)N(C)C1CCCN(C)C1. The molecule has 0 radical (unpaired) electrons. The summed E-state index contributed by atoms with van der Waals surface area (Å²) >= 11 is 6.42. The van der Waals surface area contributed by atoms with Crippen LogP contribution in [0.5, 0.6) is 5.75 Å². The highest BCUT2D eigenvalue weighted by atomic mass is 35.5. The van der Waals surface area contributed by atoms with Gasteiger partial charge in [0.05, 0.1) is 13.2 Å². The lowest BCUT2D eigenvalue weighted by molar-refractivity contribution is 0.0999. The molecule has 4 nitrogen and oxygen atoms in total. The Hall–Kier alpha value is -0.810. The van der Waals surface area contributed by atoms with Crippen LogP contribution in [-0.4, -0.2) is 56.7 Å². The molecule has 1 saturated heterocycles. The van der Waals surface area contributed by atoms with Crippen molar-refractivity contribution in [2.75, 3.05) is 40.8 Å². The first-order valence-electron chi connectivity index (χ1n) is 7.51. The highest BCUT2D eigenvalue weighted by molar-refractivity contribution is 6.31. The maximum Gasteiger partial charge on any atom is 0.125 e. The number of hydrogen-bond acceptors (Lipinski definition) is 4. The maximum atomic E-state index is 6.42. The smallest absolute Gasteiger partial charge is 0.125 e. The van der Waals surface area contributed by atoms with Gasteiger partial charge < -0.3 is 15.4 Å². The molecule has 2 rings (SSSR count). The number of benzene rings is 1. The lowest BCUT2D eigenvalue weighted by Crippen LogP contribution is -2.47. The summed E-state index contributed by atoms with van der Waals surface area (Å²) in [4.78, 5) is 4.74. The van der Waals surface area contributed by atoms with Crippen LogP contribution in [0.3, 0.4) is 0 Å². The molecular formula is C16H26ClN3O. The third kappa shape index (κ3) is 3.69. The van der Waals surface area contributed by atoms with Gasteiger partial charge in [0.25, 0.3) is 0 Å². The fourth-order valence-corrected chi connectivity index (χ4v) is 3.52. The molecule has 2 unspecified atom stereocenters. The lowest BCUT2D eigenvalue weighted by Gasteiger charge is -2.40. The Morgan fingerprint density at radius 3 is 2.90 bits per heavy atom.